The van der Waals surface area contributed by atoms with Crippen LogP contribution in [0.25, 0.3) is 0 Å². The van der Waals surface area contributed by atoms with E-state index in [0.29, 0.717) is 0 Å². The van der Waals surface area contributed by atoms with Crippen molar-refractivity contribution in [3.8, 4) is 0 Å². The molecule has 0 spiro atoms. The quantitative estimate of drug-likeness (QED) is 0.732. The number of nitrogens with zero attached hydrogens (tertiary/aromatic N) is 1. The maximum Gasteiger partial charge on any atom is 0.235 e. The number of likely N-dealkylation sites (tertiary alicyclic amines) is 1. The van der Waals surface area contributed by atoms with Crippen LogP contribution in [0.15, 0.2) is 0 Å². The Morgan fingerprint density at radius 3 is 2.69 bits per heavy atom. The molecule has 0 aromatic carbocycles. The summed E-state index contributed by atoms with van der Waals surface area (Å²) in [7, 11) is 1.86. The van der Waals surface area contributed by atoms with Gasteiger partial charge in [-0.1, -0.05) is 0 Å². The number of rotatable bonds is 3. The molecule has 0 bridgehead atoms. The Labute approximate surface area is 84.0 Å². The van der Waals surface area contributed by atoms with Crippen LogP contribution in [-0.4, -0.2) is 40.9 Å². The predicted octanol–water partition coefficient (Wildman–Crippen LogP) is 0.688. The molecule has 1 fully saturated rings. The Morgan fingerprint density at radius 1 is 1.69 bits per heavy atom. The summed E-state index contributed by atoms with van der Waals surface area (Å²) in [6.07, 6.45) is 0.968. The van der Waals surface area contributed by atoms with Gasteiger partial charge in [-0.2, -0.15) is 0 Å². The number of hydrogen-bond acceptors (Lipinski definition) is 3. The van der Waals surface area contributed by atoms with Gasteiger partial charge < -0.3 is 10.6 Å². The molecular formula is C9H18N2OS. The van der Waals surface area contributed by atoms with Crippen LogP contribution >= 0.6 is 11.8 Å². The summed E-state index contributed by atoms with van der Waals surface area (Å²) >= 11 is 1.69. The molecule has 76 valence electrons. The zero-order valence-corrected chi connectivity index (χ0v) is 9.36. The van der Waals surface area contributed by atoms with Gasteiger partial charge >= 0.3 is 0 Å². The lowest BCUT2D eigenvalue weighted by molar-refractivity contribution is -0.126. The minimum Gasteiger partial charge on any atom is -0.345 e. The van der Waals surface area contributed by atoms with Gasteiger partial charge in [0.15, 0.2) is 0 Å². The molecule has 0 aromatic heterocycles. The van der Waals surface area contributed by atoms with Crippen LogP contribution in [0.3, 0.4) is 0 Å². The third kappa shape index (κ3) is 3.19. The number of carbonyl (C=O) groups excluding carboxylic acids is 1. The standard InChI is InChI=1S/C9H18N2OS/c1-9(2,10)6-13-7-4-5-11(3)8(7)12/h7H,4-6,10H2,1-3H3. The number of hydrogen-bond donors (Lipinski definition) is 1. The number of amides is 1. The molecule has 1 unspecified atom stereocenters. The zero-order chi connectivity index (χ0) is 10.1. The fraction of sp³-hybridized carbons (Fsp3) is 0.889. The van der Waals surface area contributed by atoms with Gasteiger partial charge in [0.2, 0.25) is 5.91 Å². The largest absolute Gasteiger partial charge is 0.345 e. The zero-order valence-electron chi connectivity index (χ0n) is 8.54. The second-order valence-corrected chi connectivity index (χ2v) is 5.53. The monoisotopic (exact) mass is 202 g/mol. The summed E-state index contributed by atoms with van der Waals surface area (Å²) in [5, 5.41) is 0.146. The second kappa shape index (κ2) is 3.88. The predicted molar refractivity (Wildman–Crippen MR) is 56.8 cm³/mol. The fourth-order valence-corrected chi connectivity index (χ4v) is 2.49. The van der Waals surface area contributed by atoms with Gasteiger partial charge in [0.05, 0.1) is 5.25 Å². The van der Waals surface area contributed by atoms with Crippen LogP contribution in [0, 0.1) is 0 Å². The Balaban J connectivity index is 2.35. The van der Waals surface area contributed by atoms with E-state index in [4.69, 9.17) is 5.73 Å². The fourth-order valence-electron chi connectivity index (χ4n) is 1.26. The number of carbonyl (C=O) groups is 1. The Kier molecular flexibility index (Phi) is 3.24. The molecule has 2 N–H and O–H groups in total. The van der Waals surface area contributed by atoms with Gasteiger partial charge in [0.25, 0.3) is 0 Å². The summed E-state index contributed by atoms with van der Waals surface area (Å²) in [5.74, 6) is 1.10. The van der Waals surface area contributed by atoms with Gasteiger partial charge in [0, 0.05) is 24.9 Å². The smallest absolute Gasteiger partial charge is 0.235 e. The summed E-state index contributed by atoms with van der Waals surface area (Å²) in [4.78, 5) is 13.3. The highest BCUT2D eigenvalue weighted by molar-refractivity contribution is 8.00. The van der Waals surface area contributed by atoms with E-state index in [2.05, 4.69) is 0 Å². The minimum absolute atomic E-state index is 0.146. The first-order valence-electron chi connectivity index (χ1n) is 4.55. The third-order valence-corrected chi connectivity index (χ3v) is 3.79. The second-order valence-electron chi connectivity index (χ2n) is 4.34. The maximum absolute atomic E-state index is 11.5. The molecule has 3 nitrogen and oxygen atoms in total. The van der Waals surface area contributed by atoms with E-state index >= 15 is 0 Å². The normalized spacial score (nSPS) is 24.2. The van der Waals surface area contributed by atoms with Crippen LogP contribution in [0.2, 0.25) is 0 Å². The molecule has 1 aliphatic rings. The van der Waals surface area contributed by atoms with E-state index in [-0.39, 0.29) is 16.7 Å². The highest BCUT2D eigenvalue weighted by atomic mass is 32.2. The average Bonchev–Trinajstić information content (AvgIpc) is 2.29. The van der Waals surface area contributed by atoms with Gasteiger partial charge in [-0.3, -0.25) is 4.79 Å². The molecule has 4 heteroatoms. The molecule has 0 saturated carbocycles. The van der Waals surface area contributed by atoms with E-state index in [9.17, 15) is 4.79 Å². The molecule has 0 aromatic rings. The Hall–Kier alpha value is -0.220. The summed E-state index contributed by atoms with van der Waals surface area (Å²) in [6, 6.07) is 0. The first-order valence-corrected chi connectivity index (χ1v) is 5.60. The Bertz CT molecular complexity index is 200. The third-order valence-electron chi connectivity index (χ3n) is 2.03. The van der Waals surface area contributed by atoms with Crippen LogP contribution in [0.1, 0.15) is 20.3 Å². The molecule has 1 aliphatic heterocycles. The summed E-state index contributed by atoms with van der Waals surface area (Å²) in [5.41, 5.74) is 5.67. The molecule has 1 saturated heterocycles. The van der Waals surface area contributed by atoms with Gasteiger partial charge in [-0.15, -0.1) is 11.8 Å². The summed E-state index contributed by atoms with van der Waals surface area (Å²) < 4.78 is 0. The van der Waals surface area contributed by atoms with Crippen molar-refractivity contribution in [3.05, 3.63) is 0 Å². The molecule has 1 amide bonds. The molecule has 1 rings (SSSR count). The number of nitrogens with two attached hydrogens (primary N) is 1. The van der Waals surface area contributed by atoms with Crippen LogP contribution in [-0.2, 0) is 4.79 Å². The highest BCUT2D eigenvalue weighted by Gasteiger charge is 2.30. The van der Waals surface area contributed by atoms with Gasteiger partial charge in [-0.05, 0) is 20.3 Å². The van der Waals surface area contributed by atoms with Crippen molar-refractivity contribution in [1.82, 2.24) is 4.90 Å². The first-order chi connectivity index (χ1) is 5.90. The molecular weight excluding hydrogens is 184 g/mol. The molecule has 13 heavy (non-hydrogen) atoms. The van der Waals surface area contributed by atoms with E-state index in [1.54, 1.807) is 16.7 Å². The molecule has 0 aliphatic carbocycles. The van der Waals surface area contributed by atoms with Crippen molar-refractivity contribution in [2.45, 2.75) is 31.1 Å². The minimum atomic E-state index is -0.174. The molecule has 0 radical (unpaired) electrons. The highest BCUT2D eigenvalue weighted by Crippen LogP contribution is 2.25. The SMILES string of the molecule is CN1CCC(SCC(C)(C)N)C1=O. The number of thioether (sulfide) groups is 1. The van der Waals surface area contributed by atoms with Crippen LogP contribution in [0.5, 0.6) is 0 Å². The molecule has 1 heterocycles. The van der Waals surface area contributed by atoms with Crippen molar-refractivity contribution in [3.63, 3.8) is 0 Å². The van der Waals surface area contributed by atoms with Crippen molar-refractivity contribution < 1.29 is 4.79 Å². The van der Waals surface area contributed by atoms with Gasteiger partial charge in [-0.25, -0.2) is 0 Å². The van der Waals surface area contributed by atoms with E-state index in [0.717, 1.165) is 18.7 Å². The van der Waals surface area contributed by atoms with Crippen LogP contribution < -0.4 is 5.73 Å². The topological polar surface area (TPSA) is 46.3 Å². The summed E-state index contributed by atoms with van der Waals surface area (Å²) in [6.45, 7) is 4.87. The van der Waals surface area contributed by atoms with Crippen molar-refractivity contribution in [1.29, 1.82) is 0 Å². The van der Waals surface area contributed by atoms with Crippen molar-refractivity contribution in [2.24, 2.45) is 5.73 Å². The average molecular weight is 202 g/mol. The lowest BCUT2D eigenvalue weighted by Gasteiger charge is -2.19. The van der Waals surface area contributed by atoms with Gasteiger partial charge in [0.1, 0.15) is 0 Å². The van der Waals surface area contributed by atoms with Crippen molar-refractivity contribution in [2.75, 3.05) is 19.3 Å². The lowest BCUT2D eigenvalue weighted by atomic mass is 10.1. The van der Waals surface area contributed by atoms with Crippen molar-refractivity contribution >= 4 is 17.7 Å². The van der Waals surface area contributed by atoms with Crippen LogP contribution in [0.4, 0.5) is 0 Å². The first kappa shape index (κ1) is 10.9. The Morgan fingerprint density at radius 2 is 2.31 bits per heavy atom. The van der Waals surface area contributed by atoms with E-state index in [1.807, 2.05) is 20.9 Å². The van der Waals surface area contributed by atoms with E-state index < -0.39 is 0 Å². The van der Waals surface area contributed by atoms with E-state index in [1.165, 1.54) is 0 Å². The maximum atomic E-state index is 11.5. The lowest BCUT2D eigenvalue weighted by Crippen LogP contribution is -2.36. The molecule has 1 atom stereocenters.